The molecule has 0 saturated carbocycles. The first kappa shape index (κ1) is 20.1. The maximum Gasteiger partial charge on any atom is 0.0273 e. The molecule has 0 saturated heterocycles. The molecule has 0 radical (unpaired) electrons. The van der Waals surface area contributed by atoms with Gasteiger partial charge in [-0.3, -0.25) is 4.98 Å². The normalized spacial score (nSPS) is 10.5. The van der Waals surface area contributed by atoms with Crippen LogP contribution in [-0.2, 0) is 6.42 Å². The largest absolute Gasteiger partial charge is 0.265 e. The Hall–Kier alpha value is -3.19. The van der Waals surface area contributed by atoms with Crippen LogP contribution in [0.15, 0.2) is 110 Å². The third-order valence-electron chi connectivity index (χ3n) is 4.15. The Balaban J connectivity index is 0.000000194. The quantitative estimate of drug-likeness (QED) is 0.455. The van der Waals surface area contributed by atoms with Gasteiger partial charge in [0.1, 0.15) is 0 Å². The first-order chi connectivity index (χ1) is 13.1. The lowest BCUT2D eigenvalue weighted by Gasteiger charge is -2.02. The fraction of sp³-hybridized carbons (Fsp3) is 0.115. The number of nitrogens with zero attached hydrogens (tertiary/aromatic N) is 1. The van der Waals surface area contributed by atoms with Gasteiger partial charge in [-0.25, -0.2) is 0 Å². The van der Waals surface area contributed by atoms with Gasteiger partial charge in [-0.05, 0) is 54.7 Å². The van der Waals surface area contributed by atoms with E-state index in [1.54, 1.807) is 6.08 Å². The number of rotatable bonds is 5. The van der Waals surface area contributed by atoms with Gasteiger partial charge < -0.3 is 0 Å². The molecule has 1 heterocycles. The van der Waals surface area contributed by atoms with Crippen LogP contribution in [0.25, 0.3) is 11.1 Å². The van der Waals surface area contributed by atoms with Crippen molar-refractivity contribution < 1.29 is 0 Å². The molecule has 0 unspecified atom stereocenters. The summed E-state index contributed by atoms with van der Waals surface area (Å²) in [6.07, 6.45) is 10.2. The highest BCUT2D eigenvalue weighted by Crippen LogP contribution is 2.18. The van der Waals surface area contributed by atoms with Crippen LogP contribution in [0.4, 0.5) is 0 Å². The Bertz CT molecular complexity index is 887. The van der Waals surface area contributed by atoms with Crippen molar-refractivity contribution >= 4 is 0 Å². The number of hydrogen-bond acceptors (Lipinski definition) is 1. The van der Waals surface area contributed by atoms with Crippen molar-refractivity contribution in [2.45, 2.75) is 20.3 Å². The highest BCUT2D eigenvalue weighted by Gasteiger charge is 1.95. The number of aromatic nitrogens is 1. The SMILES string of the molecule is C=C/C=C(\C=C)Cc1cccc(C)c1.Cc1ccc(-c2ccncc2)cc1. The van der Waals surface area contributed by atoms with Crippen molar-refractivity contribution in [3.05, 3.63) is 127 Å². The smallest absolute Gasteiger partial charge is 0.0273 e. The van der Waals surface area contributed by atoms with Crippen molar-refractivity contribution in [3.63, 3.8) is 0 Å². The van der Waals surface area contributed by atoms with Crippen molar-refractivity contribution in [2.24, 2.45) is 0 Å². The molecule has 1 heteroatoms. The molecule has 3 aromatic rings. The van der Waals surface area contributed by atoms with E-state index < -0.39 is 0 Å². The van der Waals surface area contributed by atoms with E-state index in [0.717, 1.165) is 6.42 Å². The molecule has 136 valence electrons. The Morgan fingerprint density at radius 3 is 2.11 bits per heavy atom. The zero-order valence-electron chi connectivity index (χ0n) is 16.2. The van der Waals surface area contributed by atoms with Gasteiger partial charge in [0, 0.05) is 12.4 Å². The van der Waals surface area contributed by atoms with Crippen LogP contribution >= 0.6 is 0 Å². The molecule has 0 N–H and O–H groups in total. The number of aryl methyl sites for hydroxylation is 2. The summed E-state index contributed by atoms with van der Waals surface area (Å²) in [6, 6.07) is 21.1. The van der Waals surface area contributed by atoms with E-state index in [1.165, 1.54) is 33.4 Å². The van der Waals surface area contributed by atoms with Gasteiger partial charge in [-0.2, -0.15) is 0 Å². The van der Waals surface area contributed by atoms with Gasteiger partial charge in [-0.15, -0.1) is 0 Å². The van der Waals surface area contributed by atoms with Crippen LogP contribution in [-0.4, -0.2) is 4.98 Å². The molecule has 1 nitrogen and oxygen atoms in total. The summed E-state index contributed by atoms with van der Waals surface area (Å²) in [5.41, 5.74) is 7.56. The van der Waals surface area contributed by atoms with E-state index in [0.29, 0.717) is 0 Å². The summed E-state index contributed by atoms with van der Waals surface area (Å²) in [4.78, 5) is 3.99. The van der Waals surface area contributed by atoms with Crippen molar-refractivity contribution in [1.29, 1.82) is 0 Å². The van der Waals surface area contributed by atoms with E-state index in [2.05, 4.69) is 80.5 Å². The molecule has 1 aromatic heterocycles. The van der Waals surface area contributed by atoms with E-state index in [-0.39, 0.29) is 0 Å². The molecule has 0 bridgehead atoms. The van der Waals surface area contributed by atoms with Gasteiger partial charge in [0.25, 0.3) is 0 Å². The van der Waals surface area contributed by atoms with Gasteiger partial charge >= 0.3 is 0 Å². The molecule has 0 fully saturated rings. The van der Waals surface area contributed by atoms with Crippen LogP contribution in [0.2, 0.25) is 0 Å². The number of allylic oxidation sites excluding steroid dienone is 4. The van der Waals surface area contributed by atoms with Crippen LogP contribution in [0.3, 0.4) is 0 Å². The van der Waals surface area contributed by atoms with Crippen LogP contribution in [0.1, 0.15) is 16.7 Å². The molecule has 0 amide bonds. The van der Waals surface area contributed by atoms with Gasteiger partial charge in [-0.1, -0.05) is 91.0 Å². The van der Waals surface area contributed by atoms with Gasteiger partial charge in [0.15, 0.2) is 0 Å². The summed E-state index contributed by atoms with van der Waals surface area (Å²) >= 11 is 0. The predicted molar refractivity (Wildman–Crippen MR) is 118 cm³/mol. The molecule has 27 heavy (non-hydrogen) atoms. The monoisotopic (exact) mass is 353 g/mol. The lowest BCUT2D eigenvalue weighted by molar-refractivity contribution is 1.19. The lowest BCUT2D eigenvalue weighted by Crippen LogP contribution is -1.87. The molecule has 0 aliphatic heterocycles. The molecule has 0 atom stereocenters. The fourth-order valence-corrected chi connectivity index (χ4v) is 2.70. The maximum atomic E-state index is 3.99. The van der Waals surface area contributed by atoms with Gasteiger partial charge in [0.05, 0.1) is 0 Å². The first-order valence-corrected chi connectivity index (χ1v) is 9.09. The van der Waals surface area contributed by atoms with Crippen LogP contribution in [0.5, 0.6) is 0 Å². The second-order valence-corrected chi connectivity index (χ2v) is 6.45. The summed E-state index contributed by atoms with van der Waals surface area (Å²) in [6.45, 7) is 11.7. The van der Waals surface area contributed by atoms with E-state index in [4.69, 9.17) is 0 Å². The third-order valence-corrected chi connectivity index (χ3v) is 4.15. The second-order valence-electron chi connectivity index (χ2n) is 6.45. The van der Waals surface area contributed by atoms with E-state index in [9.17, 15) is 0 Å². The molecular weight excluding hydrogens is 326 g/mol. The molecule has 0 aliphatic carbocycles. The van der Waals surface area contributed by atoms with Crippen molar-refractivity contribution in [1.82, 2.24) is 4.98 Å². The first-order valence-electron chi connectivity index (χ1n) is 9.09. The zero-order valence-corrected chi connectivity index (χ0v) is 16.2. The Morgan fingerprint density at radius 2 is 1.52 bits per heavy atom. The number of benzene rings is 2. The Labute approximate surface area is 163 Å². The minimum Gasteiger partial charge on any atom is -0.265 e. The summed E-state index contributed by atoms with van der Waals surface area (Å²) in [5.74, 6) is 0. The Morgan fingerprint density at radius 1 is 0.852 bits per heavy atom. The third kappa shape index (κ3) is 6.91. The summed E-state index contributed by atoms with van der Waals surface area (Å²) in [7, 11) is 0. The average molecular weight is 354 g/mol. The molecular formula is C26H27N. The van der Waals surface area contributed by atoms with Crippen LogP contribution in [0, 0.1) is 13.8 Å². The molecule has 2 aromatic carbocycles. The molecule has 3 rings (SSSR count). The standard InChI is InChI=1S/C14H16.C12H11N/c1-4-7-13(5-2)11-14-9-6-8-12(3)10-14;1-10-2-4-11(5-3-10)12-6-8-13-9-7-12/h4-10H,1-2,11H2,3H3;2-9H,1H3/b13-7+;. The molecule has 0 aliphatic rings. The zero-order chi connectivity index (χ0) is 19.5. The van der Waals surface area contributed by atoms with Crippen molar-refractivity contribution in [2.75, 3.05) is 0 Å². The summed E-state index contributed by atoms with van der Waals surface area (Å²) in [5, 5.41) is 0. The highest BCUT2D eigenvalue weighted by atomic mass is 14.6. The average Bonchev–Trinajstić information content (AvgIpc) is 2.69. The van der Waals surface area contributed by atoms with Crippen LogP contribution < -0.4 is 0 Å². The van der Waals surface area contributed by atoms with E-state index in [1.807, 2.05) is 36.7 Å². The lowest BCUT2D eigenvalue weighted by atomic mass is 10.0. The topological polar surface area (TPSA) is 12.9 Å². The maximum absolute atomic E-state index is 3.99. The highest BCUT2D eigenvalue weighted by molar-refractivity contribution is 5.62. The fourth-order valence-electron chi connectivity index (χ4n) is 2.70. The van der Waals surface area contributed by atoms with Gasteiger partial charge in [0.2, 0.25) is 0 Å². The summed E-state index contributed by atoms with van der Waals surface area (Å²) < 4.78 is 0. The number of pyridine rings is 1. The van der Waals surface area contributed by atoms with E-state index >= 15 is 0 Å². The minimum absolute atomic E-state index is 0.928. The second kappa shape index (κ2) is 10.7. The molecule has 0 spiro atoms. The Kier molecular flexibility index (Phi) is 7.99. The minimum atomic E-state index is 0.928. The number of hydrogen-bond donors (Lipinski definition) is 0. The predicted octanol–water partition coefficient (Wildman–Crippen LogP) is 6.89. The van der Waals surface area contributed by atoms with Crippen molar-refractivity contribution in [3.8, 4) is 11.1 Å².